The Kier molecular flexibility index (Phi) is 3.60. The third-order valence-corrected chi connectivity index (χ3v) is 5.77. The lowest BCUT2D eigenvalue weighted by atomic mass is 9.82. The van der Waals surface area contributed by atoms with Crippen LogP contribution in [-0.4, -0.2) is 20.4 Å². The standard InChI is InChI=1S/C20H18N4OS/c1-12-5-7-16-15(10-12)19(25)14-4-2-3-9-24(20(14)21-16)13-6-8-17-18(11-13)23-26-22-17/h3,5-9,11-12,14H,2,4,10H2,1H3/t12?,14-/m1/s1. The van der Waals surface area contributed by atoms with Gasteiger partial charge in [-0.15, -0.1) is 0 Å². The molecule has 0 radical (unpaired) electrons. The Bertz CT molecular complexity index is 1030. The van der Waals surface area contributed by atoms with Gasteiger partial charge in [0.2, 0.25) is 0 Å². The number of carbonyl (C=O) groups excluding carboxylic acids is 1. The Balaban J connectivity index is 1.63. The molecular formula is C20H18N4OS. The summed E-state index contributed by atoms with van der Waals surface area (Å²) in [5, 5.41) is 0. The lowest BCUT2D eigenvalue weighted by Gasteiger charge is -2.32. The molecule has 0 saturated heterocycles. The minimum absolute atomic E-state index is 0.174. The van der Waals surface area contributed by atoms with Gasteiger partial charge in [-0.05, 0) is 49.5 Å². The molecular weight excluding hydrogens is 344 g/mol. The molecule has 0 fully saturated rings. The molecule has 3 heterocycles. The van der Waals surface area contributed by atoms with Crippen LogP contribution in [0.25, 0.3) is 11.0 Å². The van der Waals surface area contributed by atoms with Gasteiger partial charge < -0.3 is 4.90 Å². The lowest BCUT2D eigenvalue weighted by molar-refractivity contribution is -0.117. The zero-order valence-electron chi connectivity index (χ0n) is 14.4. The van der Waals surface area contributed by atoms with E-state index in [-0.39, 0.29) is 11.7 Å². The molecule has 1 aromatic heterocycles. The van der Waals surface area contributed by atoms with Crippen LogP contribution in [0.1, 0.15) is 26.2 Å². The minimum atomic E-state index is -0.174. The second kappa shape index (κ2) is 5.99. The minimum Gasteiger partial charge on any atom is -0.305 e. The highest BCUT2D eigenvalue weighted by Gasteiger charge is 2.37. The van der Waals surface area contributed by atoms with E-state index in [0.717, 1.165) is 53.1 Å². The van der Waals surface area contributed by atoms with Crippen molar-refractivity contribution in [3.05, 3.63) is 53.9 Å². The fraction of sp³-hybridized carbons (Fsp3) is 0.300. The van der Waals surface area contributed by atoms with E-state index in [1.165, 1.54) is 11.7 Å². The fourth-order valence-electron chi connectivity index (χ4n) is 3.85. The van der Waals surface area contributed by atoms with Gasteiger partial charge >= 0.3 is 0 Å². The van der Waals surface area contributed by atoms with Crippen LogP contribution >= 0.6 is 11.7 Å². The molecule has 0 bridgehead atoms. The first kappa shape index (κ1) is 15.6. The van der Waals surface area contributed by atoms with E-state index in [4.69, 9.17) is 4.99 Å². The number of aliphatic imine (C=N–C) groups is 1. The van der Waals surface area contributed by atoms with Crippen LogP contribution in [0.2, 0.25) is 0 Å². The summed E-state index contributed by atoms with van der Waals surface area (Å²) >= 11 is 1.21. The molecule has 0 spiro atoms. The molecule has 3 aliphatic rings. The number of allylic oxidation sites excluding steroid dienone is 4. The quantitative estimate of drug-likeness (QED) is 0.761. The summed E-state index contributed by atoms with van der Waals surface area (Å²) in [6, 6.07) is 6.01. The second-order valence-corrected chi connectivity index (χ2v) is 7.59. The van der Waals surface area contributed by atoms with Crippen LogP contribution in [0.4, 0.5) is 5.69 Å². The Morgan fingerprint density at radius 3 is 3.04 bits per heavy atom. The number of aromatic nitrogens is 2. The summed E-state index contributed by atoms with van der Waals surface area (Å²) in [6.07, 6.45) is 10.8. The SMILES string of the molecule is CC1C=CC2=C(C1)C(=O)[C@H]1CCC=CN(c3ccc4nsnc4c3)C1=N2. The van der Waals surface area contributed by atoms with Crippen LogP contribution in [0.15, 0.2) is 58.9 Å². The zero-order valence-corrected chi connectivity index (χ0v) is 15.2. The summed E-state index contributed by atoms with van der Waals surface area (Å²) in [6.45, 7) is 2.14. The van der Waals surface area contributed by atoms with Gasteiger partial charge in [-0.1, -0.05) is 19.1 Å². The maximum atomic E-state index is 13.2. The first-order valence-electron chi connectivity index (χ1n) is 8.93. The van der Waals surface area contributed by atoms with Gasteiger partial charge in [0.1, 0.15) is 16.9 Å². The Morgan fingerprint density at radius 2 is 2.12 bits per heavy atom. The predicted octanol–water partition coefficient (Wildman–Crippen LogP) is 4.25. The van der Waals surface area contributed by atoms with Gasteiger partial charge in [0.25, 0.3) is 0 Å². The number of anilines is 1. The monoisotopic (exact) mass is 362 g/mol. The molecule has 0 amide bonds. The van der Waals surface area contributed by atoms with Gasteiger partial charge in [0.15, 0.2) is 5.78 Å². The molecule has 6 heteroatoms. The molecule has 26 heavy (non-hydrogen) atoms. The molecule has 2 aromatic rings. The van der Waals surface area contributed by atoms with Gasteiger partial charge in [0, 0.05) is 17.5 Å². The van der Waals surface area contributed by atoms with Crippen molar-refractivity contribution in [1.29, 1.82) is 0 Å². The summed E-state index contributed by atoms with van der Waals surface area (Å²) in [7, 11) is 0. The van der Waals surface area contributed by atoms with Crippen molar-refractivity contribution in [3.8, 4) is 0 Å². The average Bonchev–Trinajstić information content (AvgIpc) is 3.01. The fourth-order valence-corrected chi connectivity index (χ4v) is 4.37. The van der Waals surface area contributed by atoms with Crippen LogP contribution < -0.4 is 4.90 Å². The third kappa shape index (κ3) is 2.44. The van der Waals surface area contributed by atoms with E-state index < -0.39 is 0 Å². The molecule has 0 saturated carbocycles. The van der Waals surface area contributed by atoms with Crippen molar-refractivity contribution in [2.45, 2.75) is 26.2 Å². The number of benzene rings is 1. The smallest absolute Gasteiger partial charge is 0.171 e. The van der Waals surface area contributed by atoms with E-state index in [0.29, 0.717) is 5.92 Å². The maximum absolute atomic E-state index is 13.2. The predicted molar refractivity (Wildman–Crippen MR) is 104 cm³/mol. The number of hydrogen-bond acceptors (Lipinski definition) is 6. The number of fused-ring (bicyclic) bond motifs is 2. The Labute approximate surface area is 155 Å². The van der Waals surface area contributed by atoms with Crippen molar-refractivity contribution in [2.75, 3.05) is 4.90 Å². The lowest BCUT2D eigenvalue weighted by Crippen LogP contribution is -2.39. The molecule has 130 valence electrons. The summed E-state index contributed by atoms with van der Waals surface area (Å²) in [4.78, 5) is 20.2. The highest BCUT2D eigenvalue weighted by molar-refractivity contribution is 7.00. The van der Waals surface area contributed by atoms with Crippen LogP contribution in [0.5, 0.6) is 0 Å². The zero-order chi connectivity index (χ0) is 17.7. The number of ketones is 1. The van der Waals surface area contributed by atoms with E-state index in [2.05, 4.69) is 27.8 Å². The van der Waals surface area contributed by atoms with Gasteiger partial charge in [-0.3, -0.25) is 4.79 Å². The van der Waals surface area contributed by atoms with Crippen molar-refractivity contribution in [1.82, 2.24) is 8.75 Å². The topological polar surface area (TPSA) is 58.5 Å². The summed E-state index contributed by atoms with van der Waals surface area (Å²) in [5.74, 6) is 1.29. The van der Waals surface area contributed by atoms with Crippen LogP contribution in [-0.2, 0) is 4.79 Å². The van der Waals surface area contributed by atoms with E-state index in [9.17, 15) is 4.79 Å². The second-order valence-electron chi connectivity index (χ2n) is 7.06. The molecule has 5 nitrogen and oxygen atoms in total. The molecule has 1 unspecified atom stereocenters. The van der Waals surface area contributed by atoms with E-state index >= 15 is 0 Å². The number of hydrogen-bond donors (Lipinski definition) is 0. The average molecular weight is 362 g/mol. The maximum Gasteiger partial charge on any atom is 0.171 e. The Morgan fingerprint density at radius 1 is 1.23 bits per heavy atom. The van der Waals surface area contributed by atoms with E-state index in [1.54, 1.807) is 0 Å². The normalized spacial score (nSPS) is 25.2. The summed E-state index contributed by atoms with van der Waals surface area (Å²) < 4.78 is 8.61. The Hall–Kier alpha value is -2.60. The first-order valence-corrected chi connectivity index (χ1v) is 9.66. The van der Waals surface area contributed by atoms with Gasteiger partial charge in [-0.25, -0.2) is 4.99 Å². The number of carbonyl (C=O) groups is 1. The molecule has 2 aliphatic heterocycles. The van der Waals surface area contributed by atoms with Crippen LogP contribution in [0.3, 0.4) is 0 Å². The number of amidine groups is 1. The first-order chi connectivity index (χ1) is 12.7. The van der Waals surface area contributed by atoms with Crippen molar-refractivity contribution >= 4 is 40.1 Å². The van der Waals surface area contributed by atoms with E-state index in [1.807, 2.05) is 35.4 Å². The molecule has 1 aliphatic carbocycles. The van der Waals surface area contributed by atoms with Gasteiger partial charge in [0.05, 0.1) is 23.3 Å². The highest BCUT2D eigenvalue weighted by atomic mass is 32.1. The van der Waals surface area contributed by atoms with Gasteiger partial charge in [-0.2, -0.15) is 8.75 Å². The summed E-state index contributed by atoms with van der Waals surface area (Å²) in [5.41, 5.74) is 4.46. The van der Waals surface area contributed by atoms with Crippen molar-refractivity contribution in [2.24, 2.45) is 16.8 Å². The van der Waals surface area contributed by atoms with Crippen molar-refractivity contribution in [3.63, 3.8) is 0 Å². The van der Waals surface area contributed by atoms with Crippen molar-refractivity contribution < 1.29 is 4.79 Å². The number of Topliss-reactive ketones (excluding diaryl/α,β-unsaturated/α-hetero) is 1. The molecule has 1 aromatic carbocycles. The number of nitrogens with zero attached hydrogens (tertiary/aromatic N) is 4. The number of rotatable bonds is 1. The molecule has 5 rings (SSSR count). The third-order valence-electron chi connectivity index (χ3n) is 5.22. The molecule has 2 atom stereocenters. The largest absolute Gasteiger partial charge is 0.305 e. The van der Waals surface area contributed by atoms with Crippen LogP contribution in [0, 0.1) is 11.8 Å². The molecule has 0 N–H and O–H groups in total. The highest BCUT2D eigenvalue weighted by Crippen LogP contribution is 2.36.